The van der Waals surface area contributed by atoms with Crippen molar-refractivity contribution in [3.8, 4) is 5.95 Å². The number of nitrogens with one attached hydrogen (secondary N) is 1. The molecule has 0 aliphatic rings. The number of nitrogen functional groups attached to an aromatic ring is 1. The smallest absolute Gasteiger partial charge is 0.258 e. The topological polar surface area (TPSA) is 117 Å². The number of nitrogens with two attached hydrogens (primary N) is 1. The third-order valence-electron chi connectivity index (χ3n) is 2.60. The zero-order valence-electron chi connectivity index (χ0n) is 11.5. The molecule has 9 nitrogen and oxygen atoms in total. The van der Waals surface area contributed by atoms with Gasteiger partial charge in [0.2, 0.25) is 11.9 Å². The third-order valence-corrected chi connectivity index (χ3v) is 2.60. The Hall–Kier alpha value is -2.29. The highest BCUT2D eigenvalue weighted by molar-refractivity contribution is 5.35. The molecule has 0 spiro atoms. The normalized spacial score (nSPS) is 12.3. The van der Waals surface area contributed by atoms with Crippen LogP contribution in [0.2, 0.25) is 0 Å². The molecule has 2 rings (SSSR count). The van der Waals surface area contributed by atoms with Crippen molar-refractivity contribution < 1.29 is 4.74 Å². The lowest BCUT2D eigenvalue weighted by molar-refractivity contribution is 0.182. The van der Waals surface area contributed by atoms with Gasteiger partial charge in [0.05, 0.1) is 12.6 Å². The fourth-order valence-electron chi connectivity index (χ4n) is 1.79. The molecular weight excluding hydrogens is 260 g/mol. The second kappa shape index (κ2) is 6.75. The van der Waals surface area contributed by atoms with E-state index >= 15 is 0 Å². The van der Waals surface area contributed by atoms with Crippen LogP contribution in [0.25, 0.3) is 5.95 Å². The Morgan fingerprint density at radius 1 is 1.40 bits per heavy atom. The SMILES string of the molecule is CCCC(COC)Nc1nc(N)nc(-n2cncn2)n1. The second-order valence-corrected chi connectivity index (χ2v) is 4.24. The molecule has 2 heterocycles. The molecule has 0 bridgehead atoms. The molecule has 0 saturated heterocycles. The Kier molecular flexibility index (Phi) is 4.77. The maximum Gasteiger partial charge on any atom is 0.258 e. The molecule has 0 radical (unpaired) electrons. The average molecular weight is 278 g/mol. The Labute approximate surface area is 116 Å². The zero-order chi connectivity index (χ0) is 14.4. The molecule has 3 N–H and O–H groups in total. The van der Waals surface area contributed by atoms with Gasteiger partial charge in [-0.05, 0) is 6.42 Å². The highest BCUT2D eigenvalue weighted by Gasteiger charge is 2.12. The lowest BCUT2D eigenvalue weighted by atomic mass is 10.2. The van der Waals surface area contributed by atoms with Crippen LogP contribution in [0.3, 0.4) is 0 Å². The molecule has 2 aromatic heterocycles. The Balaban J connectivity index is 2.19. The first kappa shape index (κ1) is 14.1. The van der Waals surface area contributed by atoms with E-state index in [0.717, 1.165) is 12.8 Å². The van der Waals surface area contributed by atoms with Gasteiger partial charge in [-0.3, -0.25) is 0 Å². The van der Waals surface area contributed by atoms with Crippen molar-refractivity contribution in [2.75, 3.05) is 24.8 Å². The fraction of sp³-hybridized carbons (Fsp3) is 0.545. The van der Waals surface area contributed by atoms with Gasteiger partial charge in [-0.1, -0.05) is 13.3 Å². The van der Waals surface area contributed by atoms with Crippen molar-refractivity contribution in [3.63, 3.8) is 0 Å². The van der Waals surface area contributed by atoms with Crippen LogP contribution in [-0.2, 0) is 4.74 Å². The Morgan fingerprint density at radius 2 is 2.25 bits per heavy atom. The fourth-order valence-corrected chi connectivity index (χ4v) is 1.79. The summed E-state index contributed by atoms with van der Waals surface area (Å²) in [4.78, 5) is 16.2. The molecule has 1 atom stereocenters. The molecule has 0 aliphatic carbocycles. The molecule has 20 heavy (non-hydrogen) atoms. The van der Waals surface area contributed by atoms with Gasteiger partial charge in [0.15, 0.2) is 0 Å². The first-order valence-corrected chi connectivity index (χ1v) is 6.35. The number of nitrogens with zero attached hydrogens (tertiary/aromatic N) is 6. The summed E-state index contributed by atoms with van der Waals surface area (Å²) >= 11 is 0. The van der Waals surface area contributed by atoms with Crippen LogP contribution in [0, 0.1) is 0 Å². The van der Waals surface area contributed by atoms with Crippen LogP contribution in [0.4, 0.5) is 11.9 Å². The van der Waals surface area contributed by atoms with E-state index in [1.165, 1.54) is 17.3 Å². The van der Waals surface area contributed by atoms with Crippen molar-refractivity contribution in [2.24, 2.45) is 0 Å². The standard InChI is InChI=1S/C11H18N8O/c1-3-4-8(5-20-2)15-10-16-9(12)17-11(18-10)19-7-13-6-14-19/h6-8H,3-5H2,1-2H3,(H3,12,15,16,17,18). The van der Waals surface area contributed by atoms with Crippen molar-refractivity contribution in [1.29, 1.82) is 0 Å². The quantitative estimate of drug-likeness (QED) is 0.740. The maximum atomic E-state index is 5.69. The summed E-state index contributed by atoms with van der Waals surface area (Å²) in [6.45, 7) is 2.67. The number of hydrogen-bond acceptors (Lipinski definition) is 8. The molecular formula is C11H18N8O. The minimum Gasteiger partial charge on any atom is -0.383 e. The molecule has 9 heteroatoms. The molecule has 0 aliphatic heterocycles. The summed E-state index contributed by atoms with van der Waals surface area (Å²) in [5.74, 6) is 0.851. The van der Waals surface area contributed by atoms with E-state index < -0.39 is 0 Å². The van der Waals surface area contributed by atoms with Crippen LogP contribution >= 0.6 is 0 Å². The minimum atomic E-state index is 0.121. The number of anilines is 2. The molecule has 0 saturated carbocycles. The van der Waals surface area contributed by atoms with Gasteiger partial charge in [-0.15, -0.1) is 0 Å². The van der Waals surface area contributed by atoms with E-state index in [1.807, 2.05) is 0 Å². The van der Waals surface area contributed by atoms with E-state index in [2.05, 4.69) is 37.3 Å². The summed E-state index contributed by atoms with van der Waals surface area (Å²) in [6, 6.07) is 0.121. The second-order valence-electron chi connectivity index (χ2n) is 4.24. The average Bonchev–Trinajstić information content (AvgIpc) is 2.92. The lowest BCUT2D eigenvalue weighted by Gasteiger charge is -2.17. The number of rotatable bonds is 7. The molecule has 108 valence electrons. The first-order valence-electron chi connectivity index (χ1n) is 6.35. The predicted molar refractivity (Wildman–Crippen MR) is 73.4 cm³/mol. The van der Waals surface area contributed by atoms with E-state index in [4.69, 9.17) is 10.5 Å². The highest BCUT2D eigenvalue weighted by atomic mass is 16.5. The van der Waals surface area contributed by atoms with Gasteiger partial charge >= 0.3 is 0 Å². The van der Waals surface area contributed by atoms with Crippen molar-refractivity contribution in [1.82, 2.24) is 29.7 Å². The van der Waals surface area contributed by atoms with Crippen LogP contribution in [-0.4, -0.2) is 49.5 Å². The summed E-state index contributed by atoms with van der Waals surface area (Å²) < 4.78 is 6.59. The van der Waals surface area contributed by atoms with E-state index in [1.54, 1.807) is 7.11 Å². The number of ether oxygens (including phenoxy) is 1. The number of hydrogen-bond donors (Lipinski definition) is 2. The predicted octanol–water partition coefficient (Wildman–Crippen LogP) is 0.261. The van der Waals surface area contributed by atoms with Crippen LogP contribution < -0.4 is 11.1 Å². The lowest BCUT2D eigenvalue weighted by Crippen LogP contribution is -2.26. The monoisotopic (exact) mass is 278 g/mol. The number of methoxy groups -OCH3 is 1. The van der Waals surface area contributed by atoms with Crippen LogP contribution in [0.15, 0.2) is 12.7 Å². The van der Waals surface area contributed by atoms with Gasteiger partial charge in [0, 0.05) is 7.11 Å². The van der Waals surface area contributed by atoms with Crippen LogP contribution in [0.1, 0.15) is 19.8 Å². The summed E-state index contributed by atoms with van der Waals surface area (Å²) in [6.07, 6.45) is 4.87. The van der Waals surface area contributed by atoms with Crippen molar-refractivity contribution in [2.45, 2.75) is 25.8 Å². The van der Waals surface area contributed by atoms with Gasteiger partial charge in [-0.25, -0.2) is 4.98 Å². The summed E-state index contributed by atoms with van der Waals surface area (Å²) in [7, 11) is 1.66. The molecule has 1 unspecified atom stereocenters. The molecule has 0 aromatic carbocycles. The van der Waals surface area contributed by atoms with Crippen molar-refractivity contribution in [3.05, 3.63) is 12.7 Å². The minimum absolute atomic E-state index is 0.121. The Morgan fingerprint density at radius 3 is 2.90 bits per heavy atom. The molecule has 0 fully saturated rings. The third kappa shape index (κ3) is 3.60. The van der Waals surface area contributed by atoms with Gasteiger partial charge in [-0.2, -0.15) is 24.7 Å². The number of aromatic nitrogens is 6. The zero-order valence-corrected chi connectivity index (χ0v) is 11.5. The maximum absolute atomic E-state index is 5.69. The van der Waals surface area contributed by atoms with Crippen LogP contribution in [0.5, 0.6) is 0 Å². The molecule has 0 amide bonds. The molecule has 2 aromatic rings. The largest absolute Gasteiger partial charge is 0.383 e. The highest BCUT2D eigenvalue weighted by Crippen LogP contribution is 2.09. The summed E-state index contributed by atoms with van der Waals surface area (Å²) in [5.41, 5.74) is 5.69. The van der Waals surface area contributed by atoms with E-state index in [0.29, 0.717) is 18.5 Å². The summed E-state index contributed by atoms with van der Waals surface area (Å²) in [5, 5.41) is 7.16. The van der Waals surface area contributed by atoms with E-state index in [-0.39, 0.29) is 12.0 Å². The van der Waals surface area contributed by atoms with E-state index in [9.17, 15) is 0 Å². The Bertz CT molecular complexity index is 523. The first-order chi connectivity index (χ1) is 9.72. The van der Waals surface area contributed by atoms with Crippen molar-refractivity contribution >= 4 is 11.9 Å². The van der Waals surface area contributed by atoms with Gasteiger partial charge < -0.3 is 15.8 Å². The van der Waals surface area contributed by atoms with Gasteiger partial charge in [0.1, 0.15) is 12.7 Å². The van der Waals surface area contributed by atoms with Gasteiger partial charge in [0.25, 0.3) is 5.95 Å².